The molecule has 0 heterocycles. The lowest BCUT2D eigenvalue weighted by atomic mass is 10.1. The number of unbranched alkanes of at least 4 members (excludes halogenated alkanes) is 8. The third-order valence-electron chi connectivity index (χ3n) is 4.94. The van der Waals surface area contributed by atoms with Crippen molar-refractivity contribution in [3.8, 4) is 0 Å². The molecule has 0 spiro atoms. The number of halogens is 2. The quantitative estimate of drug-likeness (QED) is 0.193. The summed E-state index contributed by atoms with van der Waals surface area (Å²) in [4.78, 5) is 0. The zero-order valence-corrected chi connectivity index (χ0v) is 22.9. The van der Waals surface area contributed by atoms with Gasteiger partial charge in [0.05, 0.1) is 24.6 Å². The summed E-state index contributed by atoms with van der Waals surface area (Å²) in [5, 5.41) is 0. The monoisotopic (exact) mass is 508 g/mol. The highest BCUT2D eigenvalue weighted by atomic mass is 79.9. The molecule has 0 bridgehead atoms. The van der Waals surface area contributed by atoms with Crippen molar-refractivity contribution in [2.24, 2.45) is 0 Å². The maximum absolute atomic E-state index is 2.37. The van der Waals surface area contributed by atoms with Gasteiger partial charge in [-0.2, -0.15) is 9.90 Å². The predicted octanol–water partition coefficient (Wildman–Crippen LogP) is 5.40. The molecule has 0 amide bonds. The number of hydrogen-bond acceptors (Lipinski definition) is 0. The summed E-state index contributed by atoms with van der Waals surface area (Å²) in [7, 11) is -0.601. The van der Waals surface area contributed by atoms with Gasteiger partial charge < -0.3 is 17.0 Å². The van der Waals surface area contributed by atoms with E-state index in [1.54, 1.807) is 24.6 Å². The Balaban J connectivity index is -0.000000667. The summed E-state index contributed by atoms with van der Waals surface area (Å²) in [5.41, 5.74) is 0. The predicted molar refractivity (Wildman–Crippen MR) is 126 cm³/mol. The van der Waals surface area contributed by atoms with Crippen molar-refractivity contribution in [1.82, 2.24) is 0 Å². The first-order chi connectivity index (χ1) is 10.2. The van der Waals surface area contributed by atoms with E-state index in [2.05, 4.69) is 27.7 Å². The molecule has 0 nitrogen and oxygen atoms in total. The molecule has 0 aliphatic heterocycles. The van der Waals surface area contributed by atoms with E-state index in [1.807, 2.05) is 0 Å². The molecule has 1 atom stereocenters. The Kier molecular flexibility index (Phi) is 34.5. The first kappa shape index (κ1) is 33.4. The zero-order valence-electron chi connectivity index (χ0n) is 17.3. The van der Waals surface area contributed by atoms with Gasteiger partial charge in [0.25, 0.3) is 0 Å². The second-order valence-electron chi connectivity index (χ2n) is 7.06. The van der Waals surface area contributed by atoms with E-state index >= 15 is 0 Å². The average Bonchev–Trinajstić information content (AvgIpc) is 2.51. The van der Waals surface area contributed by atoms with Crippen molar-refractivity contribution in [1.29, 1.82) is 0 Å². The van der Waals surface area contributed by atoms with Crippen molar-refractivity contribution in [3.63, 3.8) is 0 Å². The molecule has 0 aromatic rings. The Hall–Kier alpha value is 1.82. The lowest BCUT2D eigenvalue weighted by molar-refractivity contribution is -0.00000516. The molecule has 24 heavy (non-hydrogen) atoms. The minimum Gasteiger partial charge on any atom is -1.00 e. The third kappa shape index (κ3) is 18.6. The molecule has 0 fully saturated rings. The van der Waals surface area contributed by atoms with Gasteiger partial charge in [-0.1, -0.05) is 72.6 Å². The van der Waals surface area contributed by atoms with Gasteiger partial charge in [-0.15, -0.1) is 17.0 Å². The molecule has 0 radical (unpaired) electrons. The first-order valence-corrected chi connectivity index (χ1v) is 12.6. The summed E-state index contributed by atoms with van der Waals surface area (Å²) < 4.78 is 0. The van der Waals surface area contributed by atoms with E-state index in [4.69, 9.17) is 0 Å². The SMILES string of the molecule is Br.CCCCCCCC[P+](CCCC)(CCCC)CCCC.P.[Br-]. The van der Waals surface area contributed by atoms with E-state index in [1.165, 1.54) is 77.0 Å². The second kappa shape index (κ2) is 24.8. The standard InChI is InChI=1S/C20H44P.2BrH.H3P/c1-5-9-13-14-15-16-20-21(17-10-6-2,18-11-7-3)19-12-8-4;;;/h5-20H2,1-4H3;2*1H;1H3/q+1;;;/p-1. The van der Waals surface area contributed by atoms with Crippen LogP contribution in [0.15, 0.2) is 0 Å². The van der Waals surface area contributed by atoms with Crippen LogP contribution in [0.3, 0.4) is 0 Å². The van der Waals surface area contributed by atoms with Gasteiger partial charge in [0, 0.05) is 7.26 Å². The first-order valence-electron chi connectivity index (χ1n) is 10.1. The van der Waals surface area contributed by atoms with E-state index in [9.17, 15) is 0 Å². The van der Waals surface area contributed by atoms with Crippen LogP contribution in [0.4, 0.5) is 0 Å². The van der Waals surface area contributed by atoms with Gasteiger partial charge in [0.2, 0.25) is 0 Å². The molecule has 0 rings (SSSR count). The minimum atomic E-state index is -0.601. The lowest BCUT2D eigenvalue weighted by Gasteiger charge is -2.28. The van der Waals surface area contributed by atoms with Gasteiger partial charge >= 0.3 is 0 Å². The summed E-state index contributed by atoms with van der Waals surface area (Å²) in [6, 6.07) is 0. The Bertz CT molecular complexity index is 192. The topological polar surface area (TPSA) is 0 Å². The molecule has 0 aromatic heterocycles. The molecule has 0 N–H and O–H groups in total. The summed E-state index contributed by atoms with van der Waals surface area (Å²) >= 11 is 0. The van der Waals surface area contributed by atoms with Crippen LogP contribution in [-0.2, 0) is 0 Å². The molecule has 0 aromatic carbocycles. The van der Waals surface area contributed by atoms with Crippen molar-refractivity contribution in [2.45, 2.75) is 105 Å². The fraction of sp³-hybridized carbons (Fsp3) is 1.00. The highest BCUT2D eigenvalue weighted by Crippen LogP contribution is 2.61. The Labute approximate surface area is 180 Å². The molecular formula is C20H48Br2P2. The second-order valence-corrected chi connectivity index (χ2v) is 11.5. The fourth-order valence-corrected chi connectivity index (χ4v) is 8.58. The van der Waals surface area contributed by atoms with Crippen LogP contribution < -0.4 is 17.0 Å². The normalized spacial score (nSPS) is 10.5. The maximum atomic E-state index is 2.37. The number of hydrogen-bond donors (Lipinski definition) is 0. The van der Waals surface area contributed by atoms with Crippen molar-refractivity contribution >= 4 is 34.1 Å². The van der Waals surface area contributed by atoms with Crippen LogP contribution in [0.5, 0.6) is 0 Å². The van der Waals surface area contributed by atoms with Crippen LogP contribution in [0.2, 0.25) is 0 Å². The van der Waals surface area contributed by atoms with Crippen LogP contribution in [0.1, 0.15) is 105 Å². The fourth-order valence-electron chi connectivity index (χ4n) is 3.38. The van der Waals surface area contributed by atoms with Crippen molar-refractivity contribution in [3.05, 3.63) is 0 Å². The van der Waals surface area contributed by atoms with Crippen LogP contribution in [0, 0.1) is 0 Å². The van der Waals surface area contributed by atoms with Gasteiger partial charge in [0.15, 0.2) is 0 Å². The summed E-state index contributed by atoms with van der Waals surface area (Å²) in [6.45, 7) is 9.44. The molecule has 152 valence electrons. The van der Waals surface area contributed by atoms with E-state index in [0.717, 1.165) is 0 Å². The molecule has 0 aliphatic rings. The summed E-state index contributed by atoms with van der Waals surface area (Å²) in [5.74, 6) is 0. The van der Waals surface area contributed by atoms with E-state index in [-0.39, 0.29) is 43.9 Å². The van der Waals surface area contributed by atoms with Gasteiger partial charge in [-0.05, 0) is 32.1 Å². The minimum absolute atomic E-state index is 0. The van der Waals surface area contributed by atoms with Crippen molar-refractivity contribution in [2.75, 3.05) is 24.6 Å². The van der Waals surface area contributed by atoms with Crippen LogP contribution >= 0.6 is 34.1 Å². The summed E-state index contributed by atoms with van der Waals surface area (Å²) in [6.07, 6.45) is 24.0. The molecule has 1 unspecified atom stereocenters. The van der Waals surface area contributed by atoms with Gasteiger partial charge in [-0.25, -0.2) is 0 Å². The highest BCUT2D eigenvalue weighted by Gasteiger charge is 2.34. The Morgan fingerprint density at radius 2 is 0.750 bits per heavy atom. The van der Waals surface area contributed by atoms with Crippen LogP contribution in [-0.4, -0.2) is 24.6 Å². The average molecular weight is 510 g/mol. The van der Waals surface area contributed by atoms with Crippen LogP contribution in [0.25, 0.3) is 0 Å². The zero-order chi connectivity index (χ0) is 15.8. The Morgan fingerprint density at radius 1 is 0.458 bits per heavy atom. The van der Waals surface area contributed by atoms with Gasteiger partial charge in [-0.3, -0.25) is 0 Å². The largest absolute Gasteiger partial charge is 1.00 e. The molecule has 0 saturated carbocycles. The lowest BCUT2D eigenvalue weighted by Crippen LogP contribution is -3.00. The molecule has 4 heteroatoms. The molecule has 0 saturated heterocycles. The number of rotatable bonds is 16. The van der Waals surface area contributed by atoms with Crippen molar-refractivity contribution < 1.29 is 17.0 Å². The molecular weight excluding hydrogens is 462 g/mol. The van der Waals surface area contributed by atoms with E-state index in [0.29, 0.717) is 0 Å². The third-order valence-corrected chi connectivity index (χ3v) is 10.0. The highest BCUT2D eigenvalue weighted by molar-refractivity contribution is 8.93. The van der Waals surface area contributed by atoms with Gasteiger partial charge in [0.1, 0.15) is 0 Å². The smallest absolute Gasteiger partial charge is 0.0594 e. The van der Waals surface area contributed by atoms with E-state index < -0.39 is 7.26 Å². The molecule has 0 aliphatic carbocycles. The Morgan fingerprint density at radius 3 is 1.12 bits per heavy atom. The maximum Gasteiger partial charge on any atom is 0.0594 e.